The van der Waals surface area contributed by atoms with Crippen LogP contribution in [0.4, 0.5) is 11.4 Å². The van der Waals surface area contributed by atoms with Crippen molar-refractivity contribution in [1.29, 1.82) is 0 Å². The SMILES string of the molecule is O=[N+]([O-])c1ccc(N[C@H](CCl)Cc2ccccc2)cc1. The molecule has 4 nitrogen and oxygen atoms in total. The van der Waals surface area contributed by atoms with Crippen LogP contribution in [-0.2, 0) is 6.42 Å². The van der Waals surface area contributed by atoms with E-state index in [9.17, 15) is 10.1 Å². The summed E-state index contributed by atoms with van der Waals surface area (Å²) in [5.41, 5.74) is 2.12. The molecule has 0 unspecified atom stereocenters. The molecular formula is C15H15ClN2O2. The van der Waals surface area contributed by atoms with Crippen LogP contribution in [0.25, 0.3) is 0 Å². The van der Waals surface area contributed by atoms with Gasteiger partial charge in [0, 0.05) is 29.7 Å². The van der Waals surface area contributed by atoms with Crippen LogP contribution in [0, 0.1) is 10.1 Å². The monoisotopic (exact) mass is 290 g/mol. The van der Waals surface area contributed by atoms with Crippen LogP contribution in [0.15, 0.2) is 54.6 Å². The van der Waals surface area contributed by atoms with E-state index in [2.05, 4.69) is 17.4 Å². The van der Waals surface area contributed by atoms with Crippen LogP contribution in [0.5, 0.6) is 0 Å². The van der Waals surface area contributed by atoms with E-state index in [4.69, 9.17) is 11.6 Å². The quantitative estimate of drug-likeness (QED) is 0.499. The lowest BCUT2D eigenvalue weighted by Crippen LogP contribution is -2.24. The number of nitrogens with one attached hydrogen (secondary N) is 1. The first kappa shape index (κ1) is 14.3. The lowest BCUT2D eigenvalue weighted by atomic mass is 10.1. The third kappa shape index (κ3) is 3.96. The van der Waals surface area contributed by atoms with Crippen molar-refractivity contribution < 1.29 is 4.92 Å². The van der Waals surface area contributed by atoms with Crippen molar-refractivity contribution in [3.8, 4) is 0 Å². The van der Waals surface area contributed by atoms with Gasteiger partial charge in [0.25, 0.3) is 5.69 Å². The first-order valence-corrected chi connectivity index (χ1v) is 6.83. The molecule has 2 aromatic carbocycles. The Morgan fingerprint density at radius 1 is 1.10 bits per heavy atom. The smallest absolute Gasteiger partial charge is 0.269 e. The van der Waals surface area contributed by atoms with Gasteiger partial charge in [-0.25, -0.2) is 0 Å². The average molecular weight is 291 g/mol. The van der Waals surface area contributed by atoms with E-state index < -0.39 is 4.92 Å². The minimum absolute atomic E-state index is 0.0838. The van der Waals surface area contributed by atoms with Crippen LogP contribution in [0.2, 0.25) is 0 Å². The molecule has 2 aromatic rings. The maximum Gasteiger partial charge on any atom is 0.269 e. The maximum absolute atomic E-state index is 10.6. The number of halogens is 1. The van der Waals surface area contributed by atoms with E-state index in [1.165, 1.54) is 17.7 Å². The number of nitrogens with zero attached hydrogens (tertiary/aromatic N) is 1. The average Bonchev–Trinajstić information content (AvgIpc) is 2.48. The molecule has 20 heavy (non-hydrogen) atoms. The molecule has 0 fully saturated rings. The molecule has 5 heteroatoms. The Balaban J connectivity index is 2.01. The molecule has 104 valence electrons. The van der Waals surface area contributed by atoms with E-state index in [-0.39, 0.29) is 11.7 Å². The number of alkyl halides is 1. The molecular weight excluding hydrogens is 276 g/mol. The van der Waals surface area contributed by atoms with Crippen LogP contribution in [0.3, 0.4) is 0 Å². The zero-order valence-electron chi connectivity index (χ0n) is 10.8. The Kier molecular flexibility index (Phi) is 4.96. The van der Waals surface area contributed by atoms with Gasteiger partial charge in [0.2, 0.25) is 0 Å². The fraction of sp³-hybridized carbons (Fsp3) is 0.200. The second-order valence-electron chi connectivity index (χ2n) is 4.49. The molecule has 0 saturated heterocycles. The second kappa shape index (κ2) is 6.91. The topological polar surface area (TPSA) is 55.2 Å². The van der Waals surface area contributed by atoms with Crippen molar-refractivity contribution >= 4 is 23.0 Å². The fourth-order valence-corrected chi connectivity index (χ4v) is 2.14. The normalized spacial score (nSPS) is 11.8. The van der Waals surface area contributed by atoms with Gasteiger partial charge in [0.15, 0.2) is 0 Å². The van der Waals surface area contributed by atoms with Gasteiger partial charge in [-0.2, -0.15) is 0 Å². The van der Waals surface area contributed by atoms with E-state index in [0.717, 1.165) is 12.1 Å². The highest BCUT2D eigenvalue weighted by atomic mass is 35.5. The summed E-state index contributed by atoms with van der Waals surface area (Å²) < 4.78 is 0. The molecule has 0 heterocycles. The van der Waals surface area contributed by atoms with E-state index in [0.29, 0.717) is 5.88 Å². The zero-order chi connectivity index (χ0) is 14.4. The van der Waals surface area contributed by atoms with Crippen molar-refractivity contribution in [2.45, 2.75) is 12.5 Å². The van der Waals surface area contributed by atoms with Gasteiger partial charge in [0.1, 0.15) is 0 Å². The Hall–Kier alpha value is -2.07. The van der Waals surface area contributed by atoms with Gasteiger partial charge < -0.3 is 5.32 Å². The van der Waals surface area contributed by atoms with Gasteiger partial charge in [-0.3, -0.25) is 10.1 Å². The van der Waals surface area contributed by atoms with Gasteiger partial charge in [0.05, 0.1) is 4.92 Å². The summed E-state index contributed by atoms with van der Waals surface area (Å²) in [6, 6.07) is 16.5. The van der Waals surface area contributed by atoms with Crippen LogP contribution in [0.1, 0.15) is 5.56 Å². The standard InChI is InChI=1S/C15H15ClN2O2/c16-11-14(10-12-4-2-1-3-5-12)17-13-6-8-15(9-7-13)18(19)20/h1-9,14,17H,10-11H2/t14-/m0/s1. The number of benzene rings is 2. The van der Waals surface area contributed by atoms with E-state index >= 15 is 0 Å². The molecule has 1 atom stereocenters. The molecule has 0 aromatic heterocycles. The summed E-state index contributed by atoms with van der Waals surface area (Å²) in [6.07, 6.45) is 0.807. The summed E-state index contributed by atoms with van der Waals surface area (Å²) >= 11 is 5.98. The van der Waals surface area contributed by atoms with Crippen LogP contribution >= 0.6 is 11.6 Å². The van der Waals surface area contributed by atoms with Gasteiger partial charge in [-0.15, -0.1) is 11.6 Å². The first-order chi connectivity index (χ1) is 9.69. The summed E-state index contributed by atoms with van der Waals surface area (Å²) in [6.45, 7) is 0. The van der Waals surface area contributed by atoms with Crippen LogP contribution < -0.4 is 5.32 Å². The molecule has 0 aliphatic rings. The molecule has 2 rings (SSSR count). The fourth-order valence-electron chi connectivity index (χ4n) is 1.96. The number of non-ortho nitro benzene ring substituents is 1. The predicted molar refractivity (Wildman–Crippen MR) is 81.4 cm³/mol. The molecule has 0 bridgehead atoms. The third-order valence-corrected chi connectivity index (χ3v) is 3.33. The van der Waals surface area contributed by atoms with Gasteiger partial charge in [-0.1, -0.05) is 30.3 Å². The summed E-state index contributed by atoms with van der Waals surface area (Å²) in [5, 5.41) is 13.9. The molecule has 1 N–H and O–H groups in total. The zero-order valence-corrected chi connectivity index (χ0v) is 11.6. The lowest BCUT2D eigenvalue weighted by molar-refractivity contribution is -0.384. The van der Waals surface area contributed by atoms with E-state index in [1.807, 2.05) is 18.2 Å². The minimum Gasteiger partial charge on any atom is -0.381 e. The largest absolute Gasteiger partial charge is 0.381 e. The van der Waals surface area contributed by atoms with Gasteiger partial charge >= 0.3 is 0 Å². The number of hydrogen-bond acceptors (Lipinski definition) is 3. The number of rotatable bonds is 6. The van der Waals surface area contributed by atoms with Crippen molar-refractivity contribution in [2.24, 2.45) is 0 Å². The summed E-state index contributed by atoms with van der Waals surface area (Å²) in [5.74, 6) is 0.464. The number of anilines is 1. The maximum atomic E-state index is 10.6. The predicted octanol–water partition coefficient (Wildman–Crippen LogP) is 3.86. The third-order valence-electron chi connectivity index (χ3n) is 2.96. The van der Waals surface area contributed by atoms with Crippen molar-refractivity contribution in [3.63, 3.8) is 0 Å². The van der Waals surface area contributed by atoms with E-state index in [1.54, 1.807) is 12.1 Å². The van der Waals surface area contributed by atoms with Crippen LogP contribution in [-0.4, -0.2) is 16.8 Å². The second-order valence-corrected chi connectivity index (χ2v) is 4.80. The Morgan fingerprint density at radius 3 is 2.30 bits per heavy atom. The summed E-state index contributed by atoms with van der Waals surface area (Å²) in [7, 11) is 0. The molecule has 0 radical (unpaired) electrons. The summed E-state index contributed by atoms with van der Waals surface area (Å²) in [4.78, 5) is 10.2. The van der Waals surface area contributed by atoms with Crippen molar-refractivity contribution in [3.05, 3.63) is 70.3 Å². The molecule has 0 amide bonds. The molecule has 0 saturated carbocycles. The highest BCUT2D eigenvalue weighted by Crippen LogP contribution is 2.17. The number of nitro benzene ring substituents is 1. The minimum atomic E-state index is -0.410. The molecule has 0 spiro atoms. The van der Waals surface area contributed by atoms with Crippen molar-refractivity contribution in [1.82, 2.24) is 0 Å². The number of hydrogen-bond donors (Lipinski definition) is 1. The Labute approximate surface area is 122 Å². The lowest BCUT2D eigenvalue weighted by Gasteiger charge is -2.17. The highest BCUT2D eigenvalue weighted by Gasteiger charge is 2.09. The first-order valence-electron chi connectivity index (χ1n) is 6.30. The molecule has 0 aliphatic heterocycles. The number of nitro groups is 1. The Bertz CT molecular complexity index is 558. The Morgan fingerprint density at radius 2 is 1.75 bits per heavy atom. The molecule has 0 aliphatic carbocycles. The highest BCUT2D eigenvalue weighted by molar-refractivity contribution is 6.18. The van der Waals surface area contributed by atoms with Gasteiger partial charge in [-0.05, 0) is 24.1 Å². The van der Waals surface area contributed by atoms with Crippen molar-refractivity contribution in [2.75, 3.05) is 11.2 Å².